The number of hydrogen-bond acceptors (Lipinski definition) is 6. The minimum atomic E-state index is -0.0459. The fourth-order valence-corrected chi connectivity index (χ4v) is 5.22. The summed E-state index contributed by atoms with van der Waals surface area (Å²) in [5, 5.41) is 6.02. The van der Waals surface area contributed by atoms with Crippen LogP contribution in [-0.4, -0.2) is 41.4 Å². The Hall–Kier alpha value is -1.96. The molecule has 3 aromatic rings. The highest BCUT2D eigenvalue weighted by molar-refractivity contribution is 8.00. The van der Waals surface area contributed by atoms with Gasteiger partial charge in [0.1, 0.15) is 11.4 Å². The summed E-state index contributed by atoms with van der Waals surface area (Å²) in [5.41, 5.74) is 2.16. The van der Waals surface area contributed by atoms with Crippen LogP contribution in [0.3, 0.4) is 0 Å². The molecule has 1 saturated heterocycles. The Labute approximate surface area is 166 Å². The van der Waals surface area contributed by atoms with Crippen molar-refractivity contribution in [2.24, 2.45) is 0 Å². The quantitative estimate of drug-likeness (QED) is 0.506. The summed E-state index contributed by atoms with van der Waals surface area (Å²) in [6, 6.07) is 12.4. The Bertz CT molecular complexity index is 908. The number of aromatic nitrogens is 2. The highest BCUT2D eigenvalue weighted by Crippen LogP contribution is 2.34. The number of amides is 1. The average Bonchev–Trinajstić information content (AvgIpc) is 3.21. The number of thiophene rings is 1. The van der Waals surface area contributed by atoms with Crippen molar-refractivity contribution >= 4 is 39.2 Å². The van der Waals surface area contributed by atoms with Gasteiger partial charge in [0.25, 0.3) is 0 Å². The van der Waals surface area contributed by atoms with Gasteiger partial charge in [0.05, 0.1) is 16.0 Å². The lowest BCUT2D eigenvalue weighted by molar-refractivity contribution is -0.119. The van der Waals surface area contributed by atoms with E-state index in [4.69, 9.17) is 4.74 Å². The molecule has 4 rings (SSSR count). The molecule has 5 nitrogen and oxygen atoms in total. The standard InChI is InChI=1S/C20H21N3O2S2/c24-17(12-27-19-18-16(6-11-26-18)22-14-23-19)21-13-20(7-9-25-10-8-20)15-4-2-1-3-5-15/h1-6,11,14H,7-10,12-13H2,(H,21,24). The molecule has 1 aliphatic heterocycles. The lowest BCUT2D eigenvalue weighted by Crippen LogP contribution is -2.45. The number of ether oxygens (including phenoxy) is 1. The van der Waals surface area contributed by atoms with Crippen LogP contribution in [0.4, 0.5) is 0 Å². The first-order valence-electron chi connectivity index (χ1n) is 8.98. The number of benzene rings is 1. The number of thioether (sulfide) groups is 1. The van der Waals surface area contributed by atoms with E-state index in [9.17, 15) is 4.79 Å². The van der Waals surface area contributed by atoms with Crippen molar-refractivity contribution in [3.63, 3.8) is 0 Å². The number of rotatable bonds is 6. The van der Waals surface area contributed by atoms with E-state index in [2.05, 4.69) is 39.6 Å². The van der Waals surface area contributed by atoms with Gasteiger partial charge in [0.2, 0.25) is 5.91 Å². The van der Waals surface area contributed by atoms with E-state index in [-0.39, 0.29) is 11.3 Å². The smallest absolute Gasteiger partial charge is 0.230 e. The molecular weight excluding hydrogens is 378 g/mol. The summed E-state index contributed by atoms with van der Waals surface area (Å²) in [4.78, 5) is 21.1. The third-order valence-electron chi connectivity index (χ3n) is 5.01. The van der Waals surface area contributed by atoms with E-state index >= 15 is 0 Å². The lowest BCUT2D eigenvalue weighted by atomic mass is 9.74. The van der Waals surface area contributed by atoms with Crippen molar-refractivity contribution in [2.45, 2.75) is 23.3 Å². The van der Waals surface area contributed by atoms with Crippen LogP contribution in [0.2, 0.25) is 0 Å². The van der Waals surface area contributed by atoms with Crippen LogP contribution in [0.5, 0.6) is 0 Å². The fraction of sp³-hybridized carbons (Fsp3) is 0.350. The van der Waals surface area contributed by atoms with Gasteiger partial charge in [-0.25, -0.2) is 9.97 Å². The second kappa shape index (κ2) is 8.37. The van der Waals surface area contributed by atoms with Gasteiger partial charge in [-0.15, -0.1) is 11.3 Å². The van der Waals surface area contributed by atoms with E-state index in [1.807, 2.05) is 17.5 Å². The maximum atomic E-state index is 12.5. The first kappa shape index (κ1) is 18.4. The van der Waals surface area contributed by atoms with Crippen molar-refractivity contribution < 1.29 is 9.53 Å². The molecule has 140 valence electrons. The number of carbonyl (C=O) groups excluding carboxylic acids is 1. The van der Waals surface area contributed by atoms with Crippen molar-refractivity contribution in [1.29, 1.82) is 0 Å². The lowest BCUT2D eigenvalue weighted by Gasteiger charge is -2.38. The molecule has 0 bridgehead atoms. The summed E-state index contributed by atoms with van der Waals surface area (Å²) >= 11 is 3.07. The molecular formula is C20H21N3O2S2. The topological polar surface area (TPSA) is 64.1 Å². The van der Waals surface area contributed by atoms with Crippen LogP contribution in [0.15, 0.2) is 53.1 Å². The third kappa shape index (κ3) is 4.15. The van der Waals surface area contributed by atoms with Gasteiger partial charge in [-0.05, 0) is 29.9 Å². The molecule has 1 aromatic carbocycles. The molecule has 1 amide bonds. The predicted molar refractivity (Wildman–Crippen MR) is 109 cm³/mol. The molecule has 0 unspecified atom stereocenters. The molecule has 27 heavy (non-hydrogen) atoms. The molecule has 1 aliphatic rings. The van der Waals surface area contributed by atoms with Crippen LogP contribution in [-0.2, 0) is 14.9 Å². The molecule has 0 saturated carbocycles. The highest BCUT2D eigenvalue weighted by Gasteiger charge is 2.34. The van der Waals surface area contributed by atoms with Crippen LogP contribution in [0.1, 0.15) is 18.4 Å². The van der Waals surface area contributed by atoms with Crippen LogP contribution in [0.25, 0.3) is 10.2 Å². The molecule has 1 N–H and O–H groups in total. The minimum absolute atomic E-state index is 0.0325. The fourth-order valence-electron chi connectivity index (χ4n) is 3.44. The van der Waals surface area contributed by atoms with Crippen LogP contribution < -0.4 is 5.32 Å². The van der Waals surface area contributed by atoms with E-state index in [1.54, 1.807) is 17.7 Å². The Kier molecular flexibility index (Phi) is 5.71. The van der Waals surface area contributed by atoms with E-state index < -0.39 is 0 Å². The first-order valence-corrected chi connectivity index (χ1v) is 10.8. The SMILES string of the molecule is O=C(CSc1ncnc2ccsc12)NCC1(c2ccccc2)CCOCC1. The maximum Gasteiger partial charge on any atom is 0.230 e. The van der Waals surface area contributed by atoms with E-state index in [1.165, 1.54) is 17.3 Å². The van der Waals surface area contributed by atoms with Gasteiger partial charge >= 0.3 is 0 Å². The normalized spacial score (nSPS) is 16.3. The zero-order valence-corrected chi connectivity index (χ0v) is 16.5. The number of nitrogens with zero attached hydrogens (tertiary/aromatic N) is 2. The average molecular weight is 400 g/mol. The molecule has 0 radical (unpaired) electrons. The van der Waals surface area contributed by atoms with E-state index in [0.717, 1.165) is 41.3 Å². The Morgan fingerprint density at radius 1 is 1.19 bits per heavy atom. The summed E-state index contributed by atoms with van der Waals surface area (Å²) in [6.07, 6.45) is 3.40. The molecule has 2 aromatic heterocycles. The summed E-state index contributed by atoms with van der Waals surface area (Å²) in [6.45, 7) is 2.10. The largest absolute Gasteiger partial charge is 0.381 e. The van der Waals surface area contributed by atoms with Gasteiger partial charge in [0.15, 0.2) is 0 Å². The zero-order chi connectivity index (χ0) is 18.5. The number of nitrogens with one attached hydrogen (secondary N) is 1. The summed E-state index contributed by atoms with van der Waals surface area (Å²) < 4.78 is 6.60. The van der Waals surface area contributed by atoms with Crippen LogP contribution >= 0.6 is 23.1 Å². The molecule has 0 aliphatic carbocycles. The van der Waals surface area contributed by atoms with Gasteiger partial charge in [-0.2, -0.15) is 0 Å². The third-order valence-corrected chi connectivity index (χ3v) is 7.04. The van der Waals surface area contributed by atoms with Crippen molar-refractivity contribution in [3.05, 3.63) is 53.7 Å². The van der Waals surface area contributed by atoms with Crippen LogP contribution in [0, 0.1) is 0 Å². The molecule has 7 heteroatoms. The molecule has 0 spiro atoms. The second-order valence-electron chi connectivity index (χ2n) is 6.64. The Morgan fingerprint density at radius 2 is 2.00 bits per heavy atom. The number of carbonyl (C=O) groups is 1. The van der Waals surface area contributed by atoms with Gasteiger partial charge in [-0.3, -0.25) is 4.79 Å². The van der Waals surface area contributed by atoms with Crippen molar-refractivity contribution in [2.75, 3.05) is 25.5 Å². The number of fused-ring (bicyclic) bond motifs is 1. The number of hydrogen-bond donors (Lipinski definition) is 1. The monoisotopic (exact) mass is 399 g/mol. The van der Waals surface area contributed by atoms with Gasteiger partial charge in [-0.1, -0.05) is 42.1 Å². The predicted octanol–water partition coefficient (Wildman–Crippen LogP) is 3.65. The van der Waals surface area contributed by atoms with E-state index in [0.29, 0.717) is 12.3 Å². The minimum Gasteiger partial charge on any atom is -0.381 e. The Balaban J connectivity index is 1.39. The van der Waals surface area contributed by atoms with Crippen molar-refractivity contribution in [3.8, 4) is 0 Å². The first-order chi connectivity index (χ1) is 13.3. The van der Waals surface area contributed by atoms with Crippen molar-refractivity contribution in [1.82, 2.24) is 15.3 Å². The van der Waals surface area contributed by atoms with Gasteiger partial charge in [0, 0.05) is 25.2 Å². The Morgan fingerprint density at radius 3 is 2.81 bits per heavy atom. The molecule has 1 fully saturated rings. The molecule has 3 heterocycles. The highest BCUT2D eigenvalue weighted by atomic mass is 32.2. The second-order valence-corrected chi connectivity index (χ2v) is 8.52. The van der Waals surface area contributed by atoms with Gasteiger partial charge < -0.3 is 10.1 Å². The molecule has 0 atom stereocenters. The summed E-state index contributed by atoms with van der Waals surface area (Å²) in [7, 11) is 0. The zero-order valence-electron chi connectivity index (χ0n) is 14.9. The maximum absolute atomic E-state index is 12.5. The summed E-state index contributed by atoms with van der Waals surface area (Å²) in [5.74, 6) is 0.385.